The summed E-state index contributed by atoms with van der Waals surface area (Å²) in [6.07, 6.45) is 1.88. The summed E-state index contributed by atoms with van der Waals surface area (Å²) < 4.78 is 13.2. The maximum atomic E-state index is 13.2. The predicted molar refractivity (Wildman–Crippen MR) is 84.2 cm³/mol. The summed E-state index contributed by atoms with van der Waals surface area (Å²) in [5.41, 5.74) is 5.88. The van der Waals surface area contributed by atoms with E-state index < -0.39 is 10.7 Å². The summed E-state index contributed by atoms with van der Waals surface area (Å²) in [4.78, 5) is 20.6. The van der Waals surface area contributed by atoms with Crippen molar-refractivity contribution in [3.63, 3.8) is 0 Å². The molecule has 0 saturated carbocycles. The molecule has 3 rings (SSSR count). The number of nitrogen functional groups attached to an aromatic ring is 1. The highest BCUT2D eigenvalue weighted by Crippen LogP contribution is 2.34. The highest BCUT2D eigenvalue weighted by Gasteiger charge is 2.28. The normalized spacial score (nSPS) is 14.0. The molecule has 1 aromatic carbocycles. The third-order valence-electron chi connectivity index (χ3n) is 3.56. The van der Waals surface area contributed by atoms with E-state index in [1.54, 1.807) is 6.07 Å². The third-order valence-corrected chi connectivity index (χ3v) is 3.56. The fourth-order valence-corrected chi connectivity index (χ4v) is 2.54. The quantitative estimate of drug-likeness (QED) is 0.658. The highest BCUT2D eigenvalue weighted by molar-refractivity contribution is 5.72. The molecule has 1 aromatic heterocycles. The first-order valence-corrected chi connectivity index (χ1v) is 7.14. The lowest BCUT2D eigenvalue weighted by Crippen LogP contribution is -2.22. The molecule has 9 heteroatoms. The average Bonchev–Trinajstić information content (AvgIpc) is 3.00. The van der Waals surface area contributed by atoms with Crippen molar-refractivity contribution in [1.29, 1.82) is 0 Å². The number of nitro groups is 1. The van der Waals surface area contributed by atoms with Crippen molar-refractivity contribution < 1.29 is 9.31 Å². The fraction of sp³-hybridized carbons (Fsp3) is 0.286. The van der Waals surface area contributed by atoms with Crippen molar-refractivity contribution in [1.82, 2.24) is 9.97 Å². The molecule has 0 amide bonds. The van der Waals surface area contributed by atoms with Crippen LogP contribution in [-0.2, 0) is 0 Å². The highest BCUT2D eigenvalue weighted by atomic mass is 19.1. The molecule has 2 heterocycles. The molecule has 3 N–H and O–H groups in total. The van der Waals surface area contributed by atoms with Gasteiger partial charge >= 0.3 is 5.69 Å². The Bertz CT molecular complexity index is 748. The number of benzene rings is 1. The molecule has 0 bridgehead atoms. The van der Waals surface area contributed by atoms with Gasteiger partial charge in [0.15, 0.2) is 0 Å². The van der Waals surface area contributed by atoms with Gasteiger partial charge in [-0.1, -0.05) is 6.07 Å². The molecule has 120 valence electrons. The van der Waals surface area contributed by atoms with Crippen LogP contribution >= 0.6 is 0 Å². The first-order valence-electron chi connectivity index (χ1n) is 7.14. The van der Waals surface area contributed by atoms with Crippen LogP contribution in [0.1, 0.15) is 12.8 Å². The first kappa shape index (κ1) is 14.9. The van der Waals surface area contributed by atoms with Crippen molar-refractivity contribution in [2.45, 2.75) is 12.8 Å². The number of halogens is 1. The van der Waals surface area contributed by atoms with Crippen molar-refractivity contribution in [3.8, 4) is 0 Å². The lowest BCUT2D eigenvalue weighted by atomic mass is 10.3. The average molecular weight is 318 g/mol. The van der Waals surface area contributed by atoms with Crippen LogP contribution in [0.4, 0.5) is 33.3 Å². The lowest BCUT2D eigenvalue weighted by Gasteiger charge is -2.17. The fourth-order valence-electron chi connectivity index (χ4n) is 2.54. The number of nitrogens with one attached hydrogen (secondary N) is 1. The van der Waals surface area contributed by atoms with Crippen LogP contribution in [0.3, 0.4) is 0 Å². The lowest BCUT2D eigenvalue weighted by molar-refractivity contribution is -0.383. The Morgan fingerprint density at radius 2 is 2.04 bits per heavy atom. The predicted octanol–water partition coefficient (Wildman–Crippen LogP) is 2.45. The van der Waals surface area contributed by atoms with Crippen molar-refractivity contribution in [2.24, 2.45) is 0 Å². The second-order valence-corrected chi connectivity index (χ2v) is 5.19. The minimum atomic E-state index is -0.574. The number of rotatable bonds is 4. The van der Waals surface area contributed by atoms with Crippen LogP contribution in [0.2, 0.25) is 0 Å². The molecule has 1 saturated heterocycles. The molecule has 1 aliphatic heterocycles. The Morgan fingerprint density at radius 3 is 2.70 bits per heavy atom. The maximum absolute atomic E-state index is 13.2. The number of aromatic nitrogens is 2. The summed E-state index contributed by atoms with van der Waals surface area (Å²) in [5.74, 6) is -0.338. The van der Waals surface area contributed by atoms with Crippen molar-refractivity contribution in [3.05, 3.63) is 40.2 Å². The third kappa shape index (κ3) is 3.12. The summed E-state index contributed by atoms with van der Waals surface area (Å²) >= 11 is 0. The number of anilines is 4. The Balaban J connectivity index is 2.00. The molecule has 0 radical (unpaired) electrons. The summed E-state index contributed by atoms with van der Waals surface area (Å²) in [6, 6.07) is 5.76. The Kier molecular flexibility index (Phi) is 3.92. The van der Waals surface area contributed by atoms with E-state index in [0.29, 0.717) is 18.8 Å². The van der Waals surface area contributed by atoms with Crippen LogP contribution in [0, 0.1) is 15.9 Å². The van der Waals surface area contributed by atoms with Crippen LogP contribution in [0.15, 0.2) is 24.3 Å². The largest absolute Gasteiger partial charge is 0.378 e. The molecule has 2 aromatic rings. The van der Waals surface area contributed by atoms with Crippen molar-refractivity contribution in [2.75, 3.05) is 29.0 Å². The van der Waals surface area contributed by atoms with E-state index in [1.165, 1.54) is 18.2 Å². The topological polar surface area (TPSA) is 110 Å². The zero-order valence-corrected chi connectivity index (χ0v) is 12.2. The Morgan fingerprint density at radius 1 is 1.30 bits per heavy atom. The van der Waals surface area contributed by atoms with E-state index in [0.717, 1.165) is 12.8 Å². The molecule has 0 unspecified atom stereocenters. The van der Waals surface area contributed by atoms with E-state index >= 15 is 0 Å². The molecule has 0 atom stereocenters. The van der Waals surface area contributed by atoms with Gasteiger partial charge < -0.3 is 16.0 Å². The zero-order chi connectivity index (χ0) is 16.4. The van der Waals surface area contributed by atoms with Gasteiger partial charge in [0.25, 0.3) is 0 Å². The van der Waals surface area contributed by atoms with Gasteiger partial charge in [-0.25, -0.2) is 4.39 Å². The number of nitrogens with two attached hydrogens (primary N) is 1. The summed E-state index contributed by atoms with van der Waals surface area (Å²) in [5, 5.41) is 14.1. The van der Waals surface area contributed by atoms with Gasteiger partial charge in [0.2, 0.25) is 17.6 Å². The zero-order valence-electron chi connectivity index (χ0n) is 12.2. The van der Waals surface area contributed by atoms with Gasteiger partial charge in [-0.2, -0.15) is 9.97 Å². The van der Waals surface area contributed by atoms with Gasteiger partial charge in [0.05, 0.1) is 4.92 Å². The van der Waals surface area contributed by atoms with Crippen LogP contribution < -0.4 is 16.0 Å². The summed E-state index contributed by atoms with van der Waals surface area (Å²) in [6.45, 7) is 1.35. The summed E-state index contributed by atoms with van der Waals surface area (Å²) in [7, 11) is 0. The molecule has 0 aliphatic carbocycles. The second-order valence-electron chi connectivity index (χ2n) is 5.19. The maximum Gasteiger partial charge on any atom is 0.353 e. The van der Waals surface area contributed by atoms with Crippen LogP contribution in [-0.4, -0.2) is 28.0 Å². The smallest absolute Gasteiger partial charge is 0.353 e. The van der Waals surface area contributed by atoms with E-state index in [2.05, 4.69) is 15.3 Å². The molecular weight excluding hydrogens is 303 g/mol. The van der Waals surface area contributed by atoms with Gasteiger partial charge in [0.1, 0.15) is 5.82 Å². The van der Waals surface area contributed by atoms with Gasteiger partial charge in [-0.05, 0) is 31.0 Å². The van der Waals surface area contributed by atoms with Gasteiger partial charge in [-0.15, -0.1) is 0 Å². The second kappa shape index (κ2) is 6.03. The Labute approximate surface area is 131 Å². The van der Waals surface area contributed by atoms with Gasteiger partial charge in [0, 0.05) is 18.8 Å². The van der Waals surface area contributed by atoms with E-state index in [1.807, 2.05) is 4.90 Å². The number of nitrogens with zero attached hydrogens (tertiary/aromatic N) is 4. The molecular formula is C14H15FN6O2. The molecule has 8 nitrogen and oxygen atoms in total. The standard InChI is InChI=1S/C14H15FN6O2/c15-9-4-3-5-10(8-9)17-14-18-12(16)11(21(22)23)13(19-14)20-6-1-2-7-20/h3-5,8H,1-2,6-7H2,(H3,16,17,18,19). The molecule has 1 fully saturated rings. The SMILES string of the molecule is Nc1nc(Nc2cccc(F)c2)nc(N2CCCC2)c1[N+](=O)[O-]. The minimum Gasteiger partial charge on any atom is -0.378 e. The van der Waals surface area contributed by atoms with Crippen LogP contribution in [0.25, 0.3) is 0 Å². The van der Waals surface area contributed by atoms with Gasteiger partial charge in [-0.3, -0.25) is 10.1 Å². The minimum absolute atomic E-state index is 0.0978. The number of hydrogen-bond acceptors (Lipinski definition) is 7. The molecule has 0 spiro atoms. The van der Waals surface area contributed by atoms with E-state index in [9.17, 15) is 14.5 Å². The molecule has 1 aliphatic rings. The van der Waals surface area contributed by atoms with E-state index in [-0.39, 0.29) is 23.3 Å². The number of hydrogen-bond donors (Lipinski definition) is 2. The Hall–Kier alpha value is -2.97. The first-order chi connectivity index (χ1) is 11.0. The van der Waals surface area contributed by atoms with Crippen molar-refractivity contribution >= 4 is 29.0 Å². The van der Waals surface area contributed by atoms with E-state index in [4.69, 9.17) is 5.73 Å². The van der Waals surface area contributed by atoms with Crippen LogP contribution in [0.5, 0.6) is 0 Å². The monoisotopic (exact) mass is 318 g/mol. The molecule has 23 heavy (non-hydrogen) atoms.